The van der Waals surface area contributed by atoms with Gasteiger partial charge in [0.1, 0.15) is 19.8 Å². The SMILES string of the molecule is CCCCCCCC/C=C\CCCCCCCC(=O)OC[C@H](COP(=O)([O-])OCC[N+](C)(C)C)OC(=O)CCC/C=C\C/C=C\C/C=C\C=C\[C@@H](O)CCCCC. The standard InChI is InChI=1S/C46H82NO9P/c1-6-8-10-11-12-13-14-15-16-17-20-23-26-29-33-37-45(49)53-41-44(42-55-57(51,52)54-40-39-47(3,4)5)56-46(50)38-34-30-27-24-21-18-19-22-25-28-32-36-43(48)35-31-9-7-2/h15-16,18-19,24-25,27-28,32,36,43-44,48H,6-14,17,20-23,26,29-31,33-35,37-42H2,1-5H3/b16-15-,19-18-,27-24-,28-25-,36-32+/t43-,44+/m0/s1. The van der Waals surface area contributed by atoms with E-state index in [0.717, 1.165) is 70.6 Å². The maximum atomic E-state index is 12.6. The number of carbonyl (C=O) groups excluding carboxylic acids is 2. The molecule has 3 atom stereocenters. The molecule has 10 nitrogen and oxygen atoms in total. The number of aliphatic hydroxyl groups excluding tert-OH is 1. The number of esters is 2. The zero-order chi connectivity index (χ0) is 42.3. The van der Waals surface area contributed by atoms with Gasteiger partial charge in [-0.05, 0) is 64.2 Å². The van der Waals surface area contributed by atoms with Gasteiger partial charge in [-0.2, -0.15) is 0 Å². The highest BCUT2D eigenvalue weighted by Gasteiger charge is 2.21. The summed E-state index contributed by atoms with van der Waals surface area (Å²) in [6, 6.07) is 0. The molecule has 1 N–H and O–H groups in total. The highest BCUT2D eigenvalue weighted by atomic mass is 31.2. The maximum absolute atomic E-state index is 12.6. The van der Waals surface area contributed by atoms with Crippen LogP contribution in [-0.2, 0) is 32.7 Å². The molecule has 57 heavy (non-hydrogen) atoms. The minimum absolute atomic E-state index is 0.0529. The summed E-state index contributed by atoms with van der Waals surface area (Å²) in [5, 5.41) is 9.91. The fourth-order valence-corrected chi connectivity index (χ4v) is 6.30. The van der Waals surface area contributed by atoms with Crippen LogP contribution in [0.15, 0.2) is 60.8 Å². The van der Waals surface area contributed by atoms with Crippen molar-refractivity contribution in [2.24, 2.45) is 0 Å². The third-order valence-electron chi connectivity index (χ3n) is 9.11. The fourth-order valence-electron chi connectivity index (χ4n) is 5.57. The second-order valence-corrected chi connectivity index (χ2v) is 17.3. The number of hydrogen-bond donors (Lipinski definition) is 1. The summed E-state index contributed by atoms with van der Waals surface area (Å²) in [4.78, 5) is 37.5. The van der Waals surface area contributed by atoms with Crippen LogP contribution in [0.25, 0.3) is 0 Å². The van der Waals surface area contributed by atoms with E-state index in [1.807, 2.05) is 57.6 Å². The lowest BCUT2D eigenvalue weighted by Crippen LogP contribution is -2.37. The van der Waals surface area contributed by atoms with Crippen LogP contribution in [0.2, 0.25) is 0 Å². The van der Waals surface area contributed by atoms with E-state index in [0.29, 0.717) is 30.3 Å². The van der Waals surface area contributed by atoms with Crippen LogP contribution >= 0.6 is 7.82 Å². The second kappa shape index (κ2) is 37.9. The largest absolute Gasteiger partial charge is 0.756 e. The Bertz CT molecular complexity index is 1170. The predicted octanol–water partition coefficient (Wildman–Crippen LogP) is 10.8. The van der Waals surface area contributed by atoms with Crippen LogP contribution in [0.1, 0.15) is 162 Å². The van der Waals surface area contributed by atoms with E-state index in [9.17, 15) is 24.2 Å². The van der Waals surface area contributed by atoms with Gasteiger partial charge in [0.05, 0.1) is 33.9 Å². The van der Waals surface area contributed by atoms with Gasteiger partial charge >= 0.3 is 11.9 Å². The molecule has 0 aromatic carbocycles. The van der Waals surface area contributed by atoms with Crippen molar-refractivity contribution in [3.63, 3.8) is 0 Å². The van der Waals surface area contributed by atoms with E-state index in [-0.39, 0.29) is 32.2 Å². The van der Waals surface area contributed by atoms with Crippen molar-refractivity contribution in [2.75, 3.05) is 47.5 Å². The number of hydrogen-bond acceptors (Lipinski definition) is 9. The molecule has 0 amide bonds. The summed E-state index contributed by atoms with van der Waals surface area (Å²) < 4.78 is 33.8. The maximum Gasteiger partial charge on any atom is 0.306 e. The molecule has 0 aliphatic rings. The molecule has 0 aliphatic carbocycles. The number of quaternary nitrogens is 1. The molecule has 0 fully saturated rings. The topological polar surface area (TPSA) is 131 Å². The number of likely N-dealkylation sites (N-methyl/N-ethyl adjacent to an activating group) is 1. The number of allylic oxidation sites excluding steroid dienone is 9. The molecule has 0 spiro atoms. The first-order valence-electron chi connectivity index (χ1n) is 22.1. The molecule has 0 aliphatic heterocycles. The van der Waals surface area contributed by atoms with Crippen LogP contribution in [0.3, 0.4) is 0 Å². The minimum atomic E-state index is -4.65. The number of phosphoric ester groups is 1. The molecule has 0 rings (SSSR count). The molecular formula is C46H82NO9P. The molecule has 0 radical (unpaired) electrons. The third kappa shape index (κ3) is 41.6. The average molecular weight is 824 g/mol. The quantitative estimate of drug-likeness (QED) is 0.0161. The minimum Gasteiger partial charge on any atom is -0.756 e. The molecule has 0 bridgehead atoms. The molecule has 0 saturated carbocycles. The smallest absolute Gasteiger partial charge is 0.306 e. The summed E-state index contributed by atoms with van der Waals surface area (Å²) >= 11 is 0. The monoisotopic (exact) mass is 824 g/mol. The van der Waals surface area contributed by atoms with E-state index in [4.69, 9.17) is 18.5 Å². The molecule has 0 aromatic heterocycles. The lowest BCUT2D eigenvalue weighted by Gasteiger charge is -2.28. The molecule has 0 heterocycles. The van der Waals surface area contributed by atoms with E-state index in [1.165, 1.54) is 44.9 Å². The summed E-state index contributed by atoms with van der Waals surface area (Å²) in [7, 11) is 1.09. The highest BCUT2D eigenvalue weighted by molar-refractivity contribution is 7.45. The lowest BCUT2D eigenvalue weighted by atomic mass is 10.1. The first-order chi connectivity index (χ1) is 27.4. The van der Waals surface area contributed by atoms with E-state index in [2.05, 4.69) is 38.2 Å². The Labute approximate surface area is 348 Å². The Morgan fingerprint density at radius 2 is 1.19 bits per heavy atom. The van der Waals surface area contributed by atoms with Gasteiger partial charge in [-0.1, -0.05) is 145 Å². The Kier molecular flexibility index (Phi) is 36.4. The highest BCUT2D eigenvalue weighted by Crippen LogP contribution is 2.38. The lowest BCUT2D eigenvalue weighted by molar-refractivity contribution is -0.870. The number of unbranched alkanes of at least 4 members (excludes halogenated alkanes) is 14. The molecule has 11 heteroatoms. The molecule has 0 saturated heterocycles. The first-order valence-corrected chi connectivity index (χ1v) is 23.6. The molecule has 1 unspecified atom stereocenters. The Balaban J connectivity index is 4.53. The third-order valence-corrected chi connectivity index (χ3v) is 10.1. The zero-order valence-corrected chi connectivity index (χ0v) is 37.5. The number of rotatable bonds is 39. The normalized spacial score (nSPS) is 14.7. The van der Waals surface area contributed by atoms with Crippen molar-refractivity contribution in [1.82, 2.24) is 0 Å². The van der Waals surface area contributed by atoms with Crippen molar-refractivity contribution < 1.29 is 47.2 Å². The molecule has 330 valence electrons. The Morgan fingerprint density at radius 3 is 1.86 bits per heavy atom. The van der Waals surface area contributed by atoms with Gasteiger partial charge in [-0.15, -0.1) is 0 Å². The number of ether oxygens (including phenoxy) is 2. The Hall–Kier alpha value is -2.33. The van der Waals surface area contributed by atoms with Gasteiger partial charge in [0.15, 0.2) is 6.10 Å². The number of phosphoric acid groups is 1. The Morgan fingerprint density at radius 1 is 0.649 bits per heavy atom. The molecule has 0 aromatic rings. The van der Waals surface area contributed by atoms with Crippen LogP contribution < -0.4 is 4.89 Å². The van der Waals surface area contributed by atoms with Crippen LogP contribution in [0.5, 0.6) is 0 Å². The summed E-state index contributed by atoms with van der Waals surface area (Å²) in [5.41, 5.74) is 0. The van der Waals surface area contributed by atoms with Crippen LogP contribution in [-0.4, -0.2) is 81.2 Å². The number of aliphatic hydroxyl groups is 1. The average Bonchev–Trinajstić information content (AvgIpc) is 3.15. The van der Waals surface area contributed by atoms with Crippen molar-refractivity contribution in [2.45, 2.75) is 174 Å². The van der Waals surface area contributed by atoms with Gasteiger partial charge in [-0.3, -0.25) is 14.2 Å². The summed E-state index contributed by atoms with van der Waals surface area (Å²) in [6.07, 6.45) is 41.5. The zero-order valence-electron chi connectivity index (χ0n) is 36.6. The van der Waals surface area contributed by atoms with Crippen LogP contribution in [0.4, 0.5) is 0 Å². The van der Waals surface area contributed by atoms with Gasteiger partial charge in [0, 0.05) is 12.8 Å². The van der Waals surface area contributed by atoms with Crippen molar-refractivity contribution >= 4 is 19.8 Å². The van der Waals surface area contributed by atoms with Gasteiger partial charge in [0.25, 0.3) is 7.82 Å². The predicted molar refractivity (Wildman–Crippen MR) is 232 cm³/mol. The van der Waals surface area contributed by atoms with Crippen molar-refractivity contribution in [1.29, 1.82) is 0 Å². The van der Waals surface area contributed by atoms with Crippen LogP contribution in [0, 0.1) is 0 Å². The number of nitrogens with zero attached hydrogens (tertiary/aromatic N) is 1. The van der Waals surface area contributed by atoms with E-state index >= 15 is 0 Å². The van der Waals surface area contributed by atoms with Gasteiger partial charge in [0.2, 0.25) is 0 Å². The van der Waals surface area contributed by atoms with Gasteiger partial charge in [-0.25, -0.2) is 0 Å². The van der Waals surface area contributed by atoms with E-state index in [1.54, 1.807) is 0 Å². The van der Waals surface area contributed by atoms with Crippen molar-refractivity contribution in [3.8, 4) is 0 Å². The summed E-state index contributed by atoms with van der Waals surface area (Å²) in [5.74, 6) is -0.940. The summed E-state index contributed by atoms with van der Waals surface area (Å²) in [6.45, 7) is 3.99. The molecular weight excluding hydrogens is 741 g/mol. The number of carbonyl (C=O) groups is 2. The van der Waals surface area contributed by atoms with Gasteiger partial charge < -0.3 is 33.0 Å². The van der Waals surface area contributed by atoms with E-state index < -0.39 is 32.5 Å². The fraction of sp³-hybridized carbons (Fsp3) is 0.739. The first kappa shape index (κ1) is 54.7. The van der Waals surface area contributed by atoms with Crippen molar-refractivity contribution in [3.05, 3.63) is 60.8 Å². The second-order valence-electron chi connectivity index (χ2n) is 15.9.